The van der Waals surface area contributed by atoms with Crippen molar-refractivity contribution in [2.45, 2.75) is 51.5 Å². The normalized spacial score (nSPS) is 20.0. The standard InChI is InChI=1S/C21H32N6O2/c1-15-19(16(2)26(3)25-15)17-13-18(24-23-17)20(28)22-14-21(7-5-4-6-8-21)27-9-11-29-12-10-27/h13H,4-12,14H2,1-3H3,(H,22,28)(H,23,24). The largest absolute Gasteiger partial charge is 0.379 e. The van der Waals surface area contributed by atoms with Crippen LogP contribution in [0.25, 0.3) is 11.3 Å². The Morgan fingerprint density at radius 3 is 2.62 bits per heavy atom. The summed E-state index contributed by atoms with van der Waals surface area (Å²) in [5.41, 5.74) is 4.25. The van der Waals surface area contributed by atoms with Crippen molar-refractivity contribution in [1.82, 2.24) is 30.2 Å². The van der Waals surface area contributed by atoms with E-state index < -0.39 is 0 Å². The lowest BCUT2D eigenvalue weighted by atomic mass is 9.79. The van der Waals surface area contributed by atoms with Gasteiger partial charge in [-0.15, -0.1) is 0 Å². The number of morpholine rings is 1. The molecule has 158 valence electrons. The van der Waals surface area contributed by atoms with Crippen LogP contribution >= 0.6 is 0 Å². The Bertz CT molecular complexity index is 859. The van der Waals surface area contributed by atoms with Crippen LogP contribution in [0, 0.1) is 13.8 Å². The number of H-pyrrole nitrogens is 1. The van der Waals surface area contributed by atoms with Crippen molar-refractivity contribution in [2.75, 3.05) is 32.8 Å². The van der Waals surface area contributed by atoms with Gasteiger partial charge in [0, 0.05) is 43.5 Å². The SMILES string of the molecule is Cc1nn(C)c(C)c1-c1cc(C(=O)NCC2(N3CCOCC3)CCCCC2)[nH]n1. The fourth-order valence-electron chi connectivity index (χ4n) is 4.90. The number of carbonyl (C=O) groups is 1. The first-order valence-electron chi connectivity index (χ1n) is 10.7. The van der Waals surface area contributed by atoms with Gasteiger partial charge in [0.2, 0.25) is 0 Å². The lowest BCUT2D eigenvalue weighted by molar-refractivity contribution is -0.0361. The van der Waals surface area contributed by atoms with E-state index in [1.807, 2.05) is 31.6 Å². The minimum absolute atomic E-state index is 0.0526. The number of amides is 1. The average molecular weight is 401 g/mol. The number of nitrogens with zero attached hydrogens (tertiary/aromatic N) is 4. The van der Waals surface area contributed by atoms with E-state index in [-0.39, 0.29) is 11.4 Å². The Balaban J connectivity index is 1.47. The molecule has 29 heavy (non-hydrogen) atoms. The Morgan fingerprint density at radius 1 is 1.24 bits per heavy atom. The monoisotopic (exact) mass is 400 g/mol. The van der Waals surface area contributed by atoms with Gasteiger partial charge in [0.15, 0.2) is 0 Å². The highest BCUT2D eigenvalue weighted by atomic mass is 16.5. The van der Waals surface area contributed by atoms with E-state index in [0.717, 1.165) is 61.8 Å². The second-order valence-electron chi connectivity index (χ2n) is 8.40. The molecule has 3 heterocycles. The lowest BCUT2D eigenvalue weighted by Crippen LogP contribution is -2.59. The molecule has 8 nitrogen and oxygen atoms in total. The number of rotatable bonds is 5. The van der Waals surface area contributed by atoms with Gasteiger partial charge in [-0.3, -0.25) is 19.5 Å². The molecular weight excluding hydrogens is 368 g/mol. The molecule has 4 rings (SSSR count). The Labute approximate surface area is 172 Å². The second-order valence-corrected chi connectivity index (χ2v) is 8.40. The van der Waals surface area contributed by atoms with Crippen LogP contribution in [0.15, 0.2) is 6.07 Å². The summed E-state index contributed by atoms with van der Waals surface area (Å²) in [4.78, 5) is 15.4. The molecule has 1 saturated heterocycles. The average Bonchev–Trinajstić information content (AvgIpc) is 3.32. The highest BCUT2D eigenvalue weighted by molar-refractivity contribution is 5.93. The molecule has 0 atom stereocenters. The first kappa shape index (κ1) is 20.1. The molecule has 0 unspecified atom stereocenters. The number of aromatic nitrogens is 4. The van der Waals surface area contributed by atoms with Gasteiger partial charge in [0.05, 0.1) is 24.6 Å². The van der Waals surface area contributed by atoms with Gasteiger partial charge in [-0.1, -0.05) is 19.3 Å². The maximum atomic E-state index is 12.9. The van der Waals surface area contributed by atoms with Gasteiger partial charge in [0.1, 0.15) is 5.69 Å². The van der Waals surface area contributed by atoms with Crippen LogP contribution in [0.1, 0.15) is 54.0 Å². The molecule has 0 radical (unpaired) electrons. The zero-order valence-corrected chi connectivity index (χ0v) is 17.8. The van der Waals surface area contributed by atoms with Gasteiger partial charge in [-0.2, -0.15) is 10.2 Å². The molecule has 1 amide bonds. The third kappa shape index (κ3) is 3.96. The number of aryl methyl sites for hydroxylation is 2. The smallest absolute Gasteiger partial charge is 0.269 e. The summed E-state index contributed by atoms with van der Waals surface area (Å²) in [6, 6.07) is 1.83. The Kier molecular flexibility index (Phi) is 5.74. The Hall–Kier alpha value is -2.19. The van der Waals surface area contributed by atoms with Gasteiger partial charge >= 0.3 is 0 Å². The summed E-state index contributed by atoms with van der Waals surface area (Å²) in [7, 11) is 1.92. The highest BCUT2D eigenvalue weighted by Crippen LogP contribution is 2.34. The third-order valence-electron chi connectivity index (χ3n) is 6.63. The van der Waals surface area contributed by atoms with Gasteiger partial charge in [-0.25, -0.2) is 0 Å². The zero-order valence-electron chi connectivity index (χ0n) is 17.8. The fourth-order valence-corrected chi connectivity index (χ4v) is 4.90. The van der Waals surface area contributed by atoms with Crippen molar-refractivity contribution in [3.8, 4) is 11.3 Å². The first-order valence-corrected chi connectivity index (χ1v) is 10.7. The summed E-state index contributed by atoms with van der Waals surface area (Å²) in [6.45, 7) is 8.11. The van der Waals surface area contributed by atoms with Crippen molar-refractivity contribution in [3.05, 3.63) is 23.1 Å². The minimum Gasteiger partial charge on any atom is -0.379 e. The zero-order chi connectivity index (χ0) is 20.4. The summed E-state index contributed by atoms with van der Waals surface area (Å²) >= 11 is 0. The second kappa shape index (κ2) is 8.28. The van der Waals surface area contributed by atoms with Crippen molar-refractivity contribution in [3.63, 3.8) is 0 Å². The predicted octanol–water partition coefficient (Wildman–Crippen LogP) is 2.19. The molecule has 1 aliphatic carbocycles. The number of hydrogen-bond donors (Lipinski definition) is 2. The Morgan fingerprint density at radius 2 is 1.97 bits per heavy atom. The molecule has 8 heteroatoms. The van der Waals surface area contributed by atoms with E-state index in [1.54, 1.807) is 0 Å². The van der Waals surface area contributed by atoms with Crippen LogP contribution in [-0.4, -0.2) is 69.2 Å². The van der Waals surface area contributed by atoms with Gasteiger partial charge in [-0.05, 0) is 32.8 Å². The minimum atomic E-state index is -0.0962. The number of carbonyl (C=O) groups excluding carboxylic acids is 1. The number of aromatic amines is 1. The van der Waals surface area contributed by atoms with Gasteiger partial charge in [0.25, 0.3) is 5.91 Å². The molecule has 1 aliphatic heterocycles. The highest BCUT2D eigenvalue weighted by Gasteiger charge is 2.39. The van der Waals surface area contributed by atoms with Crippen molar-refractivity contribution < 1.29 is 9.53 Å². The quantitative estimate of drug-likeness (QED) is 0.803. The maximum Gasteiger partial charge on any atom is 0.269 e. The van der Waals surface area contributed by atoms with Crippen molar-refractivity contribution in [1.29, 1.82) is 0 Å². The molecule has 0 bridgehead atoms. The molecule has 2 N–H and O–H groups in total. The third-order valence-corrected chi connectivity index (χ3v) is 6.63. The summed E-state index contributed by atoms with van der Waals surface area (Å²) < 4.78 is 7.39. The van der Waals surface area contributed by atoms with Crippen LogP contribution in [0.5, 0.6) is 0 Å². The summed E-state index contributed by atoms with van der Waals surface area (Å²) in [5.74, 6) is -0.0962. The lowest BCUT2D eigenvalue weighted by Gasteiger charge is -2.48. The van der Waals surface area contributed by atoms with Crippen LogP contribution in [0.2, 0.25) is 0 Å². The van der Waals surface area contributed by atoms with Crippen molar-refractivity contribution in [2.24, 2.45) is 7.05 Å². The molecular formula is C21H32N6O2. The fraction of sp³-hybridized carbons (Fsp3) is 0.667. The van der Waals surface area contributed by atoms with E-state index in [4.69, 9.17) is 4.74 Å². The van der Waals surface area contributed by atoms with Gasteiger partial charge < -0.3 is 10.1 Å². The first-order chi connectivity index (χ1) is 14.0. The molecule has 2 aliphatic rings. The van der Waals surface area contributed by atoms with Crippen LogP contribution in [0.4, 0.5) is 0 Å². The summed E-state index contributed by atoms with van der Waals surface area (Å²) in [6.07, 6.45) is 6.00. The van der Waals surface area contributed by atoms with Crippen LogP contribution in [0.3, 0.4) is 0 Å². The molecule has 2 aromatic rings. The molecule has 2 fully saturated rings. The topological polar surface area (TPSA) is 88.1 Å². The van der Waals surface area contributed by atoms with Crippen LogP contribution < -0.4 is 5.32 Å². The van der Waals surface area contributed by atoms with E-state index in [9.17, 15) is 4.79 Å². The molecule has 0 spiro atoms. The van der Waals surface area contributed by atoms with E-state index in [1.165, 1.54) is 19.3 Å². The number of ether oxygens (including phenoxy) is 1. The molecule has 2 aromatic heterocycles. The van der Waals surface area contributed by atoms with Crippen molar-refractivity contribution >= 4 is 5.91 Å². The molecule has 0 aromatic carbocycles. The summed E-state index contributed by atoms with van der Waals surface area (Å²) in [5, 5.41) is 14.9. The van der Waals surface area contributed by atoms with E-state index >= 15 is 0 Å². The molecule has 1 saturated carbocycles. The number of hydrogen-bond acceptors (Lipinski definition) is 5. The van der Waals surface area contributed by atoms with E-state index in [0.29, 0.717) is 12.2 Å². The number of nitrogens with one attached hydrogen (secondary N) is 2. The van der Waals surface area contributed by atoms with E-state index in [2.05, 4.69) is 25.5 Å². The predicted molar refractivity (Wildman–Crippen MR) is 111 cm³/mol. The van der Waals surface area contributed by atoms with Crippen LogP contribution in [-0.2, 0) is 11.8 Å². The maximum absolute atomic E-state index is 12.9.